The van der Waals surface area contributed by atoms with Crippen LogP contribution in [0.4, 0.5) is 0 Å². The maximum atomic E-state index is 6.19. The lowest BCUT2D eigenvalue weighted by atomic mass is 9.95. The van der Waals surface area contributed by atoms with Crippen molar-refractivity contribution in [1.29, 1.82) is 0 Å². The fourth-order valence-corrected chi connectivity index (χ4v) is 9.33. The summed E-state index contributed by atoms with van der Waals surface area (Å²) < 4.78 is 11.3. The summed E-state index contributed by atoms with van der Waals surface area (Å²) in [5.74, 6) is 0. The Morgan fingerprint density at radius 2 is 1.00 bits per heavy atom. The Morgan fingerprint density at radius 3 is 1.86 bits per heavy atom. The minimum Gasteiger partial charge on any atom is -0.456 e. The molecule has 8 aromatic carbocycles. The molecule has 0 radical (unpaired) electrons. The highest BCUT2D eigenvalue weighted by Gasteiger charge is 2.20. The van der Waals surface area contributed by atoms with Crippen molar-refractivity contribution in [3.8, 4) is 39.1 Å². The molecule has 11 rings (SSSR count). The Kier molecular flexibility index (Phi) is 6.16. The fraction of sp³-hybridized carbons (Fsp3) is 0. The third-order valence-corrected chi connectivity index (χ3v) is 11.7. The van der Waals surface area contributed by atoms with E-state index in [1.807, 2.05) is 23.5 Å². The van der Waals surface area contributed by atoms with Gasteiger partial charge in [0.25, 0.3) is 0 Å². The lowest BCUT2D eigenvalue weighted by Crippen LogP contribution is -1.94. The van der Waals surface area contributed by atoms with Crippen LogP contribution in [0, 0.1) is 0 Å². The molecule has 0 N–H and O–H groups in total. The van der Waals surface area contributed by atoms with Crippen LogP contribution in [0.25, 0.3) is 103 Å². The maximum Gasteiger partial charge on any atom is 0.135 e. The van der Waals surface area contributed by atoms with Gasteiger partial charge in [-0.3, -0.25) is 0 Å². The number of aromatic nitrogens is 1. The van der Waals surface area contributed by atoms with Gasteiger partial charge >= 0.3 is 0 Å². The second-order valence-electron chi connectivity index (χ2n) is 13.3. The molecule has 51 heavy (non-hydrogen) atoms. The first kappa shape index (κ1) is 28.4. The molecule has 11 aromatic rings. The SMILES string of the molecule is c1ccc(-c2ccc3c4ccccc4n(-c4cccc5c4sc4c(-c6ccccc6)cc(-c6ccc7oc8ccccc8c7c6)cc45)c3c2)cc1. The van der Waals surface area contributed by atoms with E-state index in [-0.39, 0.29) is 0 Å². The molecule has 3 heteroatoms. The Bertz CT molecular complexity index is 3130. The molecule has 0 fully saturated rings. The number of fused-ring (bicyclic) bond motifs is 9. The van der Waals surface area contributed by atoms with E-state index in [1.165, 1.54) is 81.0 Å². The first-order valence-electron chi connectivity index (χ1n) is 17.3. The standard InChI is InChI=1S/C48H29NOS/c1-3-12-30(13-4-1)33-22-24-36-35-16-7-9-19-42(35)49(44(36)29-33)43-20-11-18-38-41-28-34(27-39(47(41)51-48(38)43)31-14-5-2-6-15-31)32-23-25-46-40(26-32)37-17-8-10-21-45(37)50-46/h1-29H. The Hall–Kier alpha value is -6.42. The van der Waals surface area contributed by atoms with Crippen molar-refractivity contribution >= 4 is 75.3 Å². The van der Waals surface area contributed by atoms with E-state index in [0.717, 1.165) is 21.9 Å². The summed E-state index contributed by atoms with van der Waals surface area (Å²) in [7, 11) is 0. The van der Waals surface area contributed by atoms with Crippen molar-refractivity contribution in [2.75, 3.05) is 0 Å². The smallest absolute Gasteiger partial charge is 0.135 e. The summed E-state index contributed by atoms with van der Waals surface area (Å²) in [6, 6.07) is 63.7. The molecule has 0 aliphatic carbocycles. The minimum atomic E-state index is 0.913. The molecule has 2 nitrogen and oxygen atoms in total. The van der Waals surface area contributed by atoms with Crippen molar-refractivity contribution in [2.24, 2.45) is 0 Å². The quantitative estimate of drug-likeness (QED) is 0.183. The van der Waals surface area contributed by atoms with Crippen molar-refractivity contribution in [3.63, 3.8) is 0 Å². The van der Waals surface area contributed by atoms with Gasteiger partial charge in [-0.05, 0) is 76.3 Å². The van der Waals surface area contributed by atoms with Crippen LogP contribution in [0.15, 0.2) is 180 Å². The summed E-state index contributed by atoms with van der Waals surface area (Å²) in [6.07, 6.45) is 0. The van der Waals surface area contributed by atoms with Crippen LogP contribution in [0.1, 0.15) is 0 Å². The van der Waals surface area contributed by atoms with Gasteiger partial charge in [0, 0.05) is 42.6 Å². The second kappa shape index (κ2) is 11.0. The molecule has 0 aliphatic heterocycles. The number of furan rings is 1. The topological polar surface area (TPSA) is 18.1 Å². The zero-order valence-corrected chi connectivity index (χ0v) is 28.3. The summed E-state index contributed by atoms with van der Waals surface area (Å²) in [4.78, 5) is 0. The largest absolute Gasteiger partial charge is 0.456 e. The molecule has 3 heterocycles. The molecule has 0 bridgehead atoms. The van der Waals surface area contributed by atoms with E-state index >= 15 is 0 Å². The van der Waals surface area contributed by atoms with Crippen LogP contribution in [-0.4, -0.2) is 4.57 Å². The highest BCUT2D eigenvalue weighted by atomic mass is 32.1. The Balaban J connectivity index is 1.20. The van der Waals surface area contributed by atoms with Gasteiger partial charge in [0.15, 0.2) is 0 Å². The third kappa shape index (κ3) is 4.35. The van der Waals surface area contributed by atoms with E-state index in [9.17, 15) is 0 Å². The minimum absolute atomic E-state index is 0.913. The summed E-state index contributed by atoms with van der Waals surface area (Å²) in [5, 5.41) is 7.36. The third-order valence-electron chi connectivity index (χ3n) is 10.4. The van der Waals surface area contributed by atoms with Crippen LogP contribution < -0.4 is 0 Å². The Morgan fingerprint density at radius 1 is 0.353 bits per heavy atom. The molecule has 0 atom stereocenters. The molecule has 0 spiro atoms. The molecule has 3 aromatic heterocycles. The fourth-order valence-electron chi connectivity index (χ4n) is 8.01. The van der Waals surface area contributed by atoms with Gasteiger partial charge in [0.2, 0.25) is 0 Å². The van der Waals surface area contributed by atoms with Crippen molar-refractivity contribution in [2.45, 2.75) is 0 Å². The van der Waals surface area contributed by atoms with Crippen LogP contribution in [0.2, 0.25) is 0 Å². The van der Waals surface area contributed by atoms with E-state index in [0.29, 0.717) is 0 Å². The molecule has 0 unspecified atom stereocenters. The lowest BCUT2D eigenvalue weighted by Gasteiger charge is -2.10. The van der Waals surface area contributed by atoms with Crippen molar-refractivity contribution < 1.29 is 4.42 Å². The van der Waals surface area contributed by atoms with Gasteiger partial charge < -0.3 is 8.98 Å². The van der Waals surface area contributed by atoms with E-state index < -0.39 is 0 Å². The van der Waals surface area contributed by atoms with Crippen molar-refractivity contribution in [1.82, 2.24) is 4.57 Å². The summed E-state index contributed by atoms with van der Waals surface area (Å²) in [5.41, 5.74) is 12.8. The lowest BCUT2D eigenvalue weighted by molar-refractivity contribution is 0.669. The van der Waals surface area contributed by atoms with Gasteiger partial charge in [-0.1, -0.05) is 127 Å². The maximum absolute atomic E-state index is 6.19. The second-order valence-corrected chi connectivity index (χ2v) is 14.3. The molecular weight excluding hydrogens is 639 g/mol. The number of rotatable bonds is 4. The average Bonchev–Trinajstić information content (AvgIpc) is 3.87. The molecule has 0 aliphatic rings. The average molecular weight is 668 g/mol. The van der Waals surface area contributed by atoms with E-state index in [4.69, 9.17) is 4.42 Å². The van der Waals surface area contributed by atoms with Gasteiger partial charge in [0.05, 0.1) is 21.4 Å². The molecule has 0 saturated heterocycles. The number of hydrogen-bond acceptors (Lipinski definition) is 2. The summed E-state index contributed by atoms with van der Waals surface area (Å²) in [6.45, 7) is 0. The molecule has 238 valence electrons. The highest BCUT2D eigenvalue weighted by Crippen LogP contribution is 2.46. The normalized spacial score (nSPS) is 11.9. The monoisotopic (exact) mass is 667 g/mol. The molecule has 0 saturated carbocycles. The number of nitrogens with zero attached hydrogens (tertiary/aromatic N) is 1. The number of hydrogen-bond donors (Lipinski definition) is 0. The van der Waals surface area contributed by atoms with Crippen LogP contribution in [0.5, 0.6) is 0 Å². The first-order chi connectivity index (χ1) is 25.3. The highest BCUT2D eigenvalue weighted by molar-refractivity contribution is 7.26. The van der Waals surface area contributed by atoms with Gasteiger partial charge in [0.1, 0.15) is 11.2 Å². The number of para-hydroxylation sites is 2. The van der Waals surface area contributed by atoms with Crippen molar-refractivity contribution in [3.05, 3.63) is 176 Å². The van der Waals surface area contributed by atoms with Crippen LogP contribution >= 0.6 is 11.3 Å². The van der Waals surface area contributed by atoms with E-state index in [1.54, 1.807) is 0 Å². The predicted molar refractivity (Wildman–Crippen MR) is 217 cm³/mol. The summed E-state index contributed by atoms with van der Waals surface area (Å²) >= 11 is 1.90. The zero-order chi connectivity index (χ0) is 33.5. The van der Waals surface area contributed by atoms with Gasteiger partial charge in [-0.15, -0.1) is 11.3 Å². The number of thiophene rings is 1. The van der Waals surface area contributed by atoms with Crippen LogP contribution in [0.3, 0.4) is 0 Å². The zero-order valence-electron chi connectivity index (χ0n) is 27.5. The molecule has 0 amide bonds. The first-order valence-corrected chi connectivity index (χ1v) is 18.2. The van der Waals surface area contributed by atoms with Gasteiger partial charge in [-0.25, -0.2) is 0 Å². The molecular formula is C48H29NOS. The predicted octanol–water partition coefficient (Wildman–Crippen LogP) is 14.1. The van der Waals surface area contributed by atoms with Gasteiger partial charge in [-0.2, -0.15) is 0 Å². The van der Waals surface area contributed by atoms with Crippen LogP contribution in [-0.2, 0) is 0 Å². The van der Waals surface area contributed by atoms with E-state index in [2.05, 4.69) is 168 Å². The Labute approximate surface area is 298 Å². The number of benzene rings is 8.